The third-order valence-electron chi connectivity index (χ3n) is 9.66. The molecule has 0 N–H and O–H groups in total. The van der Waals surface area contributed by atoms with E-state index in [4.69, 9.17) is 0 Å². The summed E-state index contributed by atoms with van der Waals surface area (Å²) in [5, 5.41) is 8.34. The molecule has 0 nitrogen and oxygen atoms in total. The van der Waals surface area contributed by atoms with Crippen LogP contribution >= 0.6 is 0 Å². The van der Waals surface area contributed by atoms with Crippen molar-refractivity contribution in [3.8, 4) is 0 Å². The molecule has 2 radical (unpaired) electrons. The van der Waals surface area contributed by atoms with Gasteiger partial charge in [-0.25, -0.2) is 0 Å². The van der Waals surface area contributed by atoms with E-state index >= 15 is 0 Å². The fraction of sp³-hybridized carbons (Fsp3) is 0.0952. The Kier molecular flexibility index (Phi) is 5.96. The molecule has 0 atom stereocenters. The summed E-state index contributed by atoms with van der Waals surface area (Å²) >= 11 is 0. The van der Waals surface area contributed by atoms with E-state index < -0.39 is 8.07 Å². The molecule has 0 spiro atoms. The van der Waals surface area contributed by atoms with Crippen LogP contribution in [0.2, 0.25) is 13.1 Å². The second-order valence-corrected chi connectivity index (χ2v) is 16.9. The van der Waals surface area contributed by atoms with Crippen LogP contribution in [0.5, 0.6) is 0 Å². The highest BCUT2D eigenvalue weighted by molar-refractivity contribution is 7.11. The van der Waals surface area contributed by atoms with Gasteiger partial charge in [0.05, 0.1) is 0 Å². The van der Waals surface area contributed by atoms with Crippen molar-refractivity contribution in [2.45, 2.75) is 26.9 Å². The van der Waals surface area contributed by atoms with Gasteiger partial charge in [0.15, 0.2) is 0 Å². The Balaban J connectivity index is 1.48. The predicted octanol–water partition coefficient (Wildman–Crippen LogP) is 11.1. The van der Waals surface area contributed by atoms with Crippen LogP contribution in [0.15, 0.2) is 121 Å². The van der Waals surface area contributed by atoms with Crippen LogP contribution in [0.3, 0.4) is 0 Å². The molecule has 6 aromatic carbocycles. The van der Waals surface area contributed by atoms with Crippen LogP contribution < -0.4 is 0 Å². The van der Waals surface area contributed by atoms with Crippen LogP contribution in [0.4, 0.5) is 0 Å². The highest BCUT2D eigenvalue weighted by Crippen LogP contribution is 2.54. The van der Waals surface area contributed by atoms with Gasteiger partial charge in [0, 0.05) is 12.8 Å². The number of allylic oxidation sites excluding steroid dienone is 2. The second kappa shape index (κ2) is 9.79. The van der Waals surface area contributed by atoms with Crippen molar-refractivity contribution in [2.24, 2.45) is 0 Å². The molecule has 1 heteroatoms. The van der Waals surface area contributed by atoms with Crippen molar-refractivity contribution in [3.63, 3.8) is 0 Å². The molecule has 0 saturated carbocycles. The van der Waals surface area contributed by atoms with Crippen LogP contribution in [-0.2, 0) is 0 Å². The molecule has 0 heterocycles. The third kappa shape index (κ3) is 3.95. The molecule has 0 bridgehead atoms. The minimum atomic E-state index is -2.36. The first kappa shape index (κ1) is 26.2. The molecule has 0 amide bonds. The minimum absolute atomic E-state index is 1.30. The molecule has 0 fully saturated rings. The van der Waals surface area contributed by atoms with Crippen molar-refractivity contribution in [1.82, 2.24) is 0 Å². The molecule has 206 valence electrons. The second-order valence-electron chi connectivity index (χ2n) is 12.6. The topological polar surface area (TPSA) is 0 Å². The number of fused-ring (bicyclic) bond motifs is 4. The Bertz CT molecular complexity index is 2020. The first-order valence-corrected chi connectivity index (χ1v) is 18.3. The van der Waals surface area contributed by atoms with Gasteiger partial charge < -0.3 is 0 Å². The summed E-state index contributed by atoms with van der Waals surface area (Å²) in [6, 6.07) is 45.0. The van der Waals surface area contributed by atoms with Crippen LogP contribution in [-0.4, -0.2) is 8.07 Å². The minimum Gasteiger partial charge on any atom is -0.0619 e. The normalized spacial score (nSPS) is 14.6. The zero-order valence-electron chi connectivity index (χ0n) is 25.2. The summed E-state index contributed by atoms with van der Waals surface area (Å²) in [6.07, 6.45) is 4.95. The monoisotopic (exact) mass is 566 g/mol. The number of hydrogen-bond acceptors (Lipinski definition) is 0. The lowest BCUT2D eigenvalue weighted by Crippen LogP contribution is -2.31. The van der Waals surface area contributed by atoms with E-state index in [1.165, 1.54) is 87.6 Å². The van der Waals surface area contributed by atoms with Crippen molar-refractivity contribution >= 4 is 51.2 Å². The van der Waals surface area contributed by atoms with E-state index in [2.05, 4.69) is 161 Å². The zero-order chi connectivity index (χ0) is 29.3. The SMILES string of the molecule is Cc1ccc2ccccc2c1C1=C([Si](C)(C)C2=C(c3c(C)ccc4ccccc34)[CH]c3ccccc32)c2ccccc2[CH]1. The lowest BCUT2D eigenvalue weighted by molar-refractivity contribution is 1.45. The fourth-order valence-electron chi connectivity index (χ4n) is 7.79. The van der Waals surface area contributed by atoms with Crippen LogP contribution in [0.25, 0.3) is 43.1 Å². The molecular weight excluding hydrogens is 533 g/mol. The zero-order valence-corrected chi connectivity index (χ0v) is 26.2. The number of benzene rings is 6. The Morgan fingerprint density at radius 1 is 0.419 bits per heavy atom. The van der Waals surface area contributed by atoms with Gasteiger partial charge in [0.1, 0.15) is 8.07 Å². The predicted molar refractivity (Wildman–Crippen MR) is 188 cm³/mol. The summed E-state index contributed by atoms with van der Waals surface area (Å²) in [4.78, 5) is 0. The van der Waals surface area contributed by atoms with Crippen molar-refractivity contribution in [1.29, 1.82) is 0 Å². The maximum Gasteiger partial charge on any atom is 0.114 e. The summed E-state index contributed by atoms with van der Waals surface area (Å²) in [5.74, 6) is 0. The van der Waals surface area contributed by atoms with Crippen LogP contribution in [0.1, 0.15) is 44.5 Å². The van der Waals surface area contributed by atoms with Gasteiger partial charge in [0.2, 0.25) is 0 Å². The van der Waals surface area contributed by atoms with E-state index in [9.17, 15) is 0 Å². The number of hydrogen-bond donors (Lipinski definition) is 0. The van der Waals surface area contributed by atoms with E-state index in [0.717, 1.165) is 0 Å². The number of rotatable bonds is 4. The average molecular weight is 567 g/mol. The Hall–Kier alpha value is -4.46. The van der Waals surface area contributed by atoms with Gasteiger partial charge in [-0.05, 0) is 101 Å². The van der Waals surface area contributed by atoms with Gasteiger partial charge in [-0.3, -0.25) is 0 Å². The Morgan fingerprint density at radius 2 is 0.814 bits per heavy atom. The van der Waals surface area contributed by atoms with E-state index in [1.54, 1.807) is 0 Å². The molecule has 6 aromatic rings. The van der Waals surface area contributed by atoms with Crippen molar-refractivity contribution in [2.75, 3.05) is 0 Å². The molecule has 2 aliphatic rings. The smallest absolute Gasteiger partial charge is 0.0619 e. The van der Waals surface area contributed by atoms with E-state index in [1.807, 2.05) is 0 Å². The maximum atomic E-state index is 2.59. The van der Waals surface area contributed by atoms with Gasteiger partial charge in [0.25, 0.3) is 0 Å². The Labute approximate surface area is 256 Å². The first-order valence-electron chi connectivity index (χ1n) is 15.3. The molecular formula is C42H34Si. The molecule has 2 aliphatic carbocycles. The highest BCUT2D eigenvalue weighted by Gasteiger charge is 2.43. The van der Waals surface area contributed by atoms with Gasteiger partial charge >= 0.3 is 0 Å². The van der Waals surface area contributed by atoms with E-state index in [0.29, 0.717) is 0 Å². The third-order valence-corrected chi connectivity index (χ3v) is 13.2. The standard InChI is InChI=1S/C42H34Si/c1-27-21-23-29-13-5-9-17-33(29)39(27)37-25-31-15-7-11-19-35(31)41(37)43(3,4)42-36-20-12-8-16-32(36)26-38(42)40-28(2)22-24-30-14-6-10-18-34(30)40/h5-26H,1-4H3. The quantitative estimate of drug-likeness (QED) is 0.186. The largest absolute Gasteiger partial charge is 0.114 e. The number of aryl methyl sites for hydroxylation is 2. The average Bonchev–Trinajstić information content (AvgIpc) is 3.60. The fourth-order valence-corrected chi connectivity index (χ4v) is 11.6. The Morgan fingerprint density at radius 3 is 1.28 bits per heavy atom. The summed E-state index contributed by atoms with van der Waals surface area (Å²) < 4.78 is 0. The molecule has 8 rings (SSSR count). The first-order chi connectivity index (χ1) is 20.9. The van der Waals surface area contributed by atoms with Gasteiger partial charge in [-0.1, -0.05) is 134 Å². The summed E-state index contributed by atoms with van der Waals surface area (Å²) in [5.41, 5.74) is 13.7. The van der Waals surface area contributed by atoms with Crippen LogP contribution in [0, 0.1) is 26.7 Å². The van der Waals surface area contributed by atoms with Gasteiger partial charge in [-0.2, -0.15) is 0 Å². The van der Waals surface area contributed by atoms with Crippen molar-refractivity contribution < 1.29 is 0 Å². The summed E-state index contributed by atoms with van der Waals surface area (Å²) in [7, 11) is -2.36. The lowest BCUT2D eigenvalue weighted by Gasteiger charge is -2.32. The molecule has 0 saturated heterocycles. The summed E-state index contributed by atoms with van der Waals surface area (Å²) in [6.45, 7) is 9.73. The molecule has 0 aliphatic heterocycles. The van der Waals surface area contributed by atoms with Crippen molar-refractivity contribution in [3.05, 3.63) is 179 Å². The molecule has 0 unspecified atom stereocenters. The maximum absolute atomic E-state index is 2.59. The molecule has 0 aromatic heterocycles. The molecule has 43 heavy (non-hydrogen) atoms. The van der Waals surface area contributed by atoms with Gasteiger partial charge in [-0.15, -0.1) is 0 Å². The van der Waals surface area contributed by atoms with E-state index in [-0.39, 0.29) is 0 Å². The highest BCUT2D eigenvalue weighted by atomic mass is 28.3. The lowest BCUT2D eigenvalue weighted by atomic mass is 9.92.